The van der Waals surface area contributed by atoms with Crippen LogP contribution in [-0.2, 0) is 21.4 Å². The van der Waals surface area contributed by atoms with Gasteiger partial charge in [-0.2, -0.15) is 0 Å². The third-order valence-corrected chi connectivity index (χ3v) is 5.33. The van der Waals surface area contributed by atoms with Crippen molar-refractivity contribution in [2.75, 3.05) is 12.0 Å². The van der Waals surface area contributed by atoms with Crippen LogP contribution in [0.1, 0.15) is 32.3 Å². The number of hydrogen-bond donors (Lipinski definition) is 2. The van der Waals surface area contributed by atoms with E-state index in [-0.39, 0.29) is 29.2 Å². The Bertz CT molecular complexity index is 425. The molecule has 6 heteroatoms. The highest BCUT2D eigenvalue weighted by molar-refractivity contribution is 7.95. The van der Waals surface area contributed by atoms with Crippen molar-refractivity contribution in [2.24, 2.45) is 5.92 Å². The molecule has 1 unspecified atom stereocenters. The van der Waals surface area contributed by atoms with E-state index in [9.17, 15) is 4.79 Å². The maximum absolute atomic E-state index is 11.4. The highest BCUT2D eigenvalue weighted by Gasteiger charge is 2.19. The molecule has 3 nitrogen and oxygen atoms in total. The lowest BCUT2D eigenvalue weighted by molar-refractivity contribution is -0.120. The second kappa shape index (κ2) is 10.3. The lowest BCUT2D eigenvalue weighted by atomic mass is 9.80. The fourth-order valence-corrected chi connectivity index (χ4v) is 3.77. The minimum atomic E-state index is -1.40. The average molecular weight is 331 g/mol. The normalized spacial score (nSPS) is 13.2. The predicted octanol–water partition coefficient (Wildman–Crippen LogP) is -1.88. The molecule has 0 heterocycles. The van der Waals surface area contributed by atoms with E-state index in [1.807, 2.05) is 12.1 Å². The van der Waals surface area contributed by atoms with Crippen LogP contribution < -0.4 is 17.9 Å². The van der Waals surface area contributed by atoms with Crippen LogP contribution in [0.4, 0.5) is 0 Å². The van der Waals surface area contributed by atoms with E-state index in [1.54, 1.807) is 19.1 Å². The minimum Gasteiger partial charge on any atom is -1.00 e. The first-order valence-electron chi connectivity index (χ1n) is 6.98. The van der Waals surface area contributed by atoms with Gasteiger partial charge in [0.25, 0.3) is 0 Å². The molecule has 2 atom stereocenters. The van der Waals surface area contributed by atoms with Crippen molar-refractivity contribution in [3.8, 4) is 0 Å². The van der Waals surface area contributed by atoms with Gasteiger partial charge in [0.2, 0.25) is 0 Å². The number of rotatable bonds is 8. The van der Waals surface area contributed by atoms with E-state index in [4.69, 9.17) is 10.0 Å². The molecule has 1 aromatic carbocycles. The summed E-state index contributed by atoms with van der Waals surface area (Å²) in [5.41, 5.74) is 1.73. The Morgan fingerprint density at radius 3 is 2.29 bits per heavy atom. The third-order valence-electron chi connectivity index (χ3n) is 3.57. The van der Waals surface area contributed by atoms with Crippen molar-refractivity contribution in [1.82, 2.24) is 0 Å². The largest absolute Gasteiger partial charge is 1.00 e. The van der Waals surface area contributed by atoms with Gasteiger partial charge in [0.05, 0.1) is 6.26 Å². The summed E-state index contributed by atoms with van der Waals surface area (Å²) in [7, 11) is -1.15. The molecule has 0 aromatic heterocycles. The molecule has 0 amide bonds. The second-order valence-corrected chi connectivity index (χ2v) is 7.51. The Morgan fingerprint density at radius 2 is 1.86 bits per heavy atom. The number of Topliss-reactive ketones (excluding diaryl/α,β-unsaturated/α-hetero) is 1. The number of carbonyl (C=O) groups is 1. The molecule has 2 N–H and O–H groups in total. The van der Waals surface area contributed by atoms with Crippen LogP contribution in [0.15, 0.2) is 24.3 Å². The maximum Gasteiger partial charge on any atom is 0.488 e. The van der Waals surface area contributed by atoms with Crippen LogP contribution in [0.3, 0.4) is 0 Å². The summed E-state index contributed by atoms with van der Waals surface area (Å²) in [6.07, 6.45) is 4.12. The summed E-state index contributed by atoms with van der Waals surface area (Å²) in [6.45, 7) is 3.75. The summed E-state index contributed by atoms with van der Waals surface area (Å²) in [5, 5.41) is 18.1. The zero-order valence-electron chi connectivity index (χ0n) is 12.9. The number of hydrogen-bond acceptors (Lipinski definition) is 3. The van der Waals surface area contributed by atoms with Crippen molar-refractivity contribution in [3.05, 3.63) is 29.8 Å². The van der Waals surface area contributed by atoms with Crippen molar-refractivity contribution < 1.29 is 27.2 Å². The zero-order valence-corrected chi connectivity index (χ0v) is 14.5. The molecule has 0 spiro atoms. The van der Waals surface area contributed by atoms with Crippen LogP contribution in [0.5, 0.6) is 0 Å². The third kappa shape index (κ3) is 7.36. The summed E-state index contributed by atoms with van der Waals surface area (Å²) >= 11 is 0. The first kappa shape index (κ1) is 20.5. The molecular formula is C15H24BClO3S. The number of ketones is 1. The quantitative estimate of drug-likeness (QED) is 0.433. The molecule has 0 bridgehead atoms. The first-order valence-corrected chi connectivity index (χ1v) is 8.95. The van der Waals surface area contributed by atoms with Gasteiger partial charge in [-0.3, -0.25) is 4.79 Å². The van der Waals surface area contributed by atoms with E-state index in [1.165, 1.54) is 5.56 Å². The highest BCUT2D eigenvalue weighted by atomic mass is 35.5. The molecule has 0 aliphatic heterocycles. The molecule has 1 rings (SSSR count). The van der Waals surface area contributed by atoms with Gasteiger partial charge in [-0.25, -0.2) is 0 Å². The van der Waals surface area contributed by atoms with E-state index < -0.39 is 7.12 Å². The molecule has 0 aliphatic carbocycles. The summed E-state index contributed by atoms with van der Waals surface area (Å²) in [4.78, 5) is 11.4. The van der Waals surface area contributed by atoms with Gasteiger partial charge in [-0.1, -0.05) is 31.2 Å². The van der Waals surface area contributed by atoms with Crippen LogP contribution >= 0.6 is 0 Å². The molecule has 118 valence electrons. The standard InChI is InChI=1S/C15H24BO3S.ClH/c1-4-14(12(2)17)9-10-20(3)11-13-5-7-15(8-6-13)16(18)19;/h5-8,14,18-19H,4,9-11H2,1-3H3;1H/q+1;/p-1/t14-,20?;/m0./s1. The SMILES string of the molecule is CC[C@@H](CC[S+](C)Cc1ccc(B(O)O)cc1)C(C)=O.[Cl-]. The molecule has 1 aromatic rings. The number of carbonyl (C=O) groups excluding carboxylic acids is 1. The van der Waals surface area contributed by atoms with Gasteiger partial charge in [0.15, 0.2) is 0 Å². The van der Waals surface area contributed by atoms with Crippen molar-refractivity contribution in [3.63, 3.8) is 0 Å². The zero-order chi connectivity index (χ0) is 15.1. The fraction of sp³-hybridized carbons (Fsp3) is 0.533. The topological polar surface area (TPSA) is 57.5 Å². The van der Waals surface area contributed by atoms with Crippen LogP contribution in [0, 0.1) is 5.92 Å². The minimum absolute atomic E-state index is 0. The summed E-state index contributed by atoms with van der Waals surface area (Å²) in [5.74, 6) is 2.56. The average Bonchev–Trinajstić information content (AvgIpc) is 2.39. The van der Waals surface area contributed by atoms with E-state index in [2.05, 4.69) is 13.2 Å². The molecule has 0 aliphatic rings. The Hall–Kier alpha value is -0.485. The van der Waals surface area contributed by atoms with Crippen LogP contribution in [0.2, 0.25) is 0 Å². The highest BCUT2D eigenvalue weighted by Crippen LogP contribution is 2.14. The Labute approximate surface area is 137 Å². The second-order valence-electron chi connectivity index (χ2n) is 5.25. The van der Waals surface area contributed by atoms with Gasteiger partial charge in [0.1, 0.15) is 17.3 Å². The Balaban J connectivity index is 0.00000400. The summed E-state index contributed by atoms with van der Waals surface area (Å²) < 4.78 is 0. The van der Waals surface area contributed by atoms with Gasteiger partial charge < -0.3 is 22.5 Å². The Kier molecular flexibility index (Phi) is 10.0. The molecule has 0 fully saturated rings. The van der Waals surface area contributed by atoms with Crippen molar-refractivity contribution >= 4 is 29.3 Å². The fourth-order valence-electron chi connectivity index (χ4n) is 2.18. The van der Waals surface area contributed by atoms with Crippen LogP contribution in [0.25, 0.3) is 0 Å². The number of halogens is 1. The lowest BCUT2D eigenvalue weighted by Crippen LogP contribution is -3.00. The van der Waals surface area contributed by atoms with Gasteiger partial charge in [0, 0.05) is 17.9 Å². The molecule has 21 heavy (non-hydrogen) atoms. The maximum atomic E-state index is 11.4. The molecule has 0 saturated heterocycles. The molecule has 0 saturated carbocycles. The van der Waals surface area contributed by atoms with E-state index in [0.717, 1.165) is 24.3 Å². The van der Waals surface area contributed by atoms with E-state index in [0.29, 0.717) is 11.2 Å². The first-order chi connectivity index (χ1) is 9.43. The van der Waals surface area contributed by atoms with Gasteiger partial charge in [-0.15, -0.1) is 0 Å². The van der Waals surface area contributed by atoms with Gasteiger partial charge in [-0.05, 0) is 29.7 Å². The molecule has 0 radical (unpaired) electrons. The summed E-state index contributed by atoms with van der Waals surface area (Å²) in [6, 6.07) is 7.39. The predicted molar refractivity (Wildman–Crippen MR) is 87.2 cm³/mol. The monoisotopic (exact) mass is 330 g/mol. The Morgan fingerprint density at radius 1 is 1.29 bits per heavy atom. The number of benzene rings is 1. The van der Waals surface area contributed by atoms with Crippen molar-refractivity contribution in [1.29, 1.82) is 0 Å². The lowest BCUT2D eigenvalue weighted by Gasteiger charge is -2.11. The van der Waals surface area contributed by atoms with E-state index >= 15 is 0 Å². The van der Waals surface area contributed by atoms with Gasteiger partial charge >= 0.3 is 7.12 Å². The smallest absolute Gasteiger partial charge is 0.488 e. The molecular weight excluding hydrogens is 306 g/mol. The van der Waals surface area contributed by atoms with Crippen LogP contribution in [-0.4, -0.2) is 35.0 Å². The van der Waals surface area contributed by atoms with Crippen molar-refractivity contribution in [2.45, 2.75) is 32.4 Å².